The van der Waals surface area contributed by atoms with Crippen LogP contribution in [-0.4, -0.2) is 36.8 Å². The Morgan fingerprint density at radius 2 is 2.21 bits per heavy atom. The largest absolute Gasteiger partial charge is 0.497 e. The lowest BCUT2D eigenvalue weighted by molar-refractivity contribution is -0.115. The van der Waals surface area contributed by atoms with Crippen molar-refractivity contribution in [2.75, 3.05) is 25.5 Å². The molecule has 1 amide bonds. The molecule has 0 aliphatic carbocycles. The van der Waals surface area contributed by atoms with Crippen molar-refractivity contribution < 1.29 is 14.6 Å². The number of hydrogen-bond acceptors (Lipinski definition) is 4. The third kappa shape index (κ3) is 5.72. The quantitative estimate of drug-likeness (QED) is 0.697. The first-order valence-electron chi connectivity index (χ1n) is 6.34. The average molecular weight is 266 g/mol. The highest BCUT2D eigenvalue weighted by Crippen LogP contribution is 2.16. The molecule has 0 saturated heterocycles. The van der Waals surface area contributed by atoms with Crippen LogP contribution < -0.4 is 15.4 Å². The highest BCUT2D eigenvalue weighted by Gasteiger charge is 2.16. The Hall–Kier alpha value is -1.59. The highest BCUT2D eigenvalue weighted by atomic mass is 16.5. The molecular formula is C14H22N2O3. The number of nitrogens with one attached hydrogen (secondary N) is 2. The van der Waals surface area contributed by atoms with Gasteiger partial charge in [-0.2, -0.15) is 0 Å². The normalized spacial score (nSPS) is 13.7. The zero-order chi connectivity index (χ0) is 14.3. The lowest BCUT2D eigenvalue weighted by Crippen LogP contribution is -2.40. The van der Waals surface area contributed by atoms with Crippen molar-refractivity contribution in [1.29, 1.82) is 0 Å². The molecule has 0 aromatic heterocycles. The van der Waals surface area contributed by atoms with Crippen LogP contribution in [0, 0.1) is 0 Å². The van der Waals surface area contributed by atoms with Crippen molar-refractivity contribution in [3.63, 3.8) is 0 Å². The lowest BCUT2D eigenvalue weighted by atomic mass is 10.0. The Bertz CT molecular complexity index is 419. The molecule has 0 spiro atoms. The molecule has 0 aliphatic heterocycles. The minimum atomic E-state index is -0.782. The van der Waals surface area contributed by atoms with E-state index in [9.17, 15) is 9.90 Å². The van der Waals surface area contributed by atoms with Crippen molar-refractivity contribution in [1.82, 2.24) is 5.32 Å². The number of carbonyl (C=O) groups excluding carboxylic acids is 1. The van der Waals surface area contributed by atoms with Crippen molar-refractivity contribution in [2.45, 2.75) is 25.9 Å². The van der Waals surface area contributed by atoms with E-state index >= 15 is 0 Å². The summed E-state index contributed by atoms with van der Waals surface area (Å²) in [5.41, 5.74) is -0.0932. The van der Waals surface area contributed by atoms with E-state index in [4.69, 9.17) is 4.74 Å². The summed E-state index contributed by atoms with van der Waals surface area (Å²) in [6, 6.07) is 7.17. The molecule has 106 valence electrons. The van der Waals surface area contributed by atoms with E-state index in [0.29, 0.717) is 24.4 Å². The maximum Gasteiger partial charge on any atom is 0.238 e. The SMILES string of the molecule is CCC(C)(O)CNCC(=O)Nc1cccc(OC)c1. The van der Waals surface area contributed by atoms with Gasteiger partial charge < -0.3 is 20.5 Å². The topological polar surface area (TPSA) is 70.6 Å². The molecule has 1 atom stereocenters. The number of rotatable bonds is 7. The van der Waals surface area contributed by atoms with Gasteiger partial charge in [0.2, 0.25) is 5.91 Å². The number of ether oxygens (including phenoxy) is 1. The fourth-order valence-corrected chi connectivity index (χ4v) is 1.48. The summed E-state index contributed by atoms with van der Waals surface area (Å²) in [5, 5.41) is 15.5. The van der Waals surface area contributed by atoms with E-state index < -0.39 is 5.60 Å². The zero-order valence-corrected chi connectivity index (χ0v) is 11.7. The van der Waals surface area contributed by atoms with Crippen molar-refractivity contribution in [3.8, 4) is 5.75 Å². The maximum absolute atomic E-state index is 11.7. The Labute approximate surface area is 114 Å². The molecule has 0 saturated carbocycles. The molecule has 5 nitrogen and oxygen atoms in total. The van der Waals surface area contributed by atoms with Crippen molar-refractivity contribution >= 4 is 11.6 Å². The number of carbonyl (C=O) groups is 1. The van der Waals surface area contributed by atoms with Gasteiger partial charge in [0.1, 0.15) is 5.75 Å². The van der Waals surface area contributed by atoms with Gasteiger partial charge in [-0.15, -0.1) is 0 Å². The van der Waals surface area contributed by atoms with E-state index in [2.05, 4.69) is 10.6 Å². The molecule has 19 heavy (non-hydrogen) atoms. The standard InChI is InChI=1S/C14H22N2O3/c1-4-14(2,18)10-15-9-13(17)16-11-6-5-7-12(8-11)19-3/h5-8,15,18H,4,9-10H2,1-3H3,(H,16,17). The third-order valence-electron chi connectivity index (χ3n) is 2.91. The van der Waals surface area contributed by atoms with Gasteiger partial charge in [-0.1, -0.05) is 13.0 Å². The summed E-state index contributed by atoms with van der Waals surface area (Å²) < 4.78 is 5.08. The number of amides is 1. The van der Waals surface area contributed by atoms with Gasteiger partial charge in [-0.05, 0) is 25.5 Å². The summed E-state index contributed by atoms with van der Waals surface area (Å²) in [6.45, 7) is 4.18. The van der Waals surface area contributed by atoms with Crippen LogP contribution in [0.2, 0.25) is 0 Å². The number of methoxy groups -OCH3 is 1. The Morgan fingerprint density at radius 3 is 2.84 bits per heavy atom. The molecule has 0 heterocycles. The average Bonchev–Trinajstić information content (AvgIpc) is 2.38. The Morgan fingerprint density at radius 1 is 1.47 bits per heavy atom. The van der Waals surface area contributed by atoms with Gasteiger partial charge in [0.15, 0.2) is 0 Å². The van der Waals surface area contributed by atoms with Crippen LogP contribution in [0.5, 0.6) is 5.75 Å². The molecule has 0 bridgehead atoms. The van der Waals surface area contributed by atoms with Gasteiger partial charge >= 0.3 is 0 Å². The van der Waals surface area contributed by atoms with Crippen LogP contribution in [-0.2, 0) is 4.79 Å². The van der Waals surface area contributed by atoms with Gasteiger partial charge in [0.05, 0.1) is 19.3 Å². The van der Waals surface area contributed by atoms with Crippen LogP contribution in [0.3, 0.4) is 0 Å². The predicted octanol–water partition coefficient (Wildman–Crippen LogP) is 1.38. The minimum Gasteiger partial charge on any atom is -0.497 e. The minimum absolute atomic E-state index is 0.153. The summed E-state index contributed by atoms with van der Waals surface area (Å²) in [5.74, 6) is 0.542. The van der Waals surface area contributed by atoms with E-state index in [-0.39, 0.29) is 12.5 Å². The third-order valence-corrected chi connectivity index (χ3v) is 2.91. The van der Waals surface area contributed by atoms with Crippen molar-refractivity contribution in [3.05, 3.63) is 24.3 Å². The van der Waals surface area contributed by atoms with E-state index in [1.54, 1.807) is 26.2 Å². The van der Waals surface area contributed by atoms with Crippen molar-refractivity contribution in [2.24, 2.45) is 0 Å². The number of aliphatic hydroxyl groups is 1. The van der Waals surface area contributed by atoms with E-state index in [1.807, 2.05) is 19.1 Å². The fraction of sp³-hybridized carbons (Fsp3) is 0.500. The molecule has 5 heteroatoms. The molecule has 3 N–H and O–H groups in total. The number of anilines is 1. The lowest BCUT2D eigenvalue weighted by Gasteiger charge is -2.21. The molecule has 1 unspecified atom stereocenters. The summed E-state index contributed by atoms with van der Waals surface area (Å²) in [7, 11) is 1.58. The molecular weight excluding hydrogens is 244 g/mol. The van der Waals surface area contributed by atoms with Gasteiger partial charge in [-0.3, -0.25) is 4.79 Å². The Kier molecular flexibility index (Phi) is 5.79. The second-order valence-corrected chi connectivity index (χ2v) is 4.73. The van der Waals surface area contributed by atoms with E-state index in [1.165, 1.54) is 0 Å². The van der Waals surface area contributed by atoms with Gasteiger partial charge in [0, 0.05) is 18.3 Å². The Balaban J connectivity index is 2.39. The first kappa shape index (κ1) is 15.5. The number of benzene rings is 1. The molecule has 0 radical (unpaired) electrons. The molecule has 0 aliphatic rings. The molecule has 1 rings (SSSR count). The number of hydrogen-bond donors (Lipinski definition) is 3. The monoisotopic (exact) mass is 266 g/mol. The van der Waals surface area contributed by atoms with Crippen LogP contribution in [0.4, 0.5) is 5.69 Å². The van der Waals surface area contributed by atoms with Crippen LogP contribution in [0.1, 0.15) is 20.3 Å². The second kappa shape index (κ2) is 7.11. The first-order valence-corrected chi connectivity index (χ1v) is 6.34. The summed E-state index contributed by atoms with van der Waals surface area (Å²) >= 11 is 0. The molecule has 1 aromatic rings. The van der Waals surface area contributed by atoms with Crippen LogP contribution in [0.25, 0.3) is 0 Å². The molecule has 1 aromatic carbocycles. The summed E-state index contributed by atoms with van der Waals surface area (Å²) in [6.07, 6.45) is 0.636. The first-order chi connectivity index (χ1) is 8.96. The highest BCUT2D eigenvalue weighted by molar-refractivity contribution is 5.92. The predicted molar refractivity (Wildman–Crippen MR) is 75.4 cm³/mol. The smallest absolute Gasteiger partial charge is 0.238 e. The van der Waals surface area contributed by atoms with Gasteiger partial charge in [0.25, 0.3) is 0 Å². The van der Waals surface area contributed by atoms with Gasteiger partial charge in [-0.25, -0.2) is 0 Å². The van der Waals surface area contributed by atoms with Crippen LogP contribution >= 0.6 is 0 Å². The maximum atomic E-state index is 11.7. The molecule has 0 fully saturated rings. The van der Waals surface area contributed by atoms with Crippen LogP contribution in [0.15, 0.2) is 24.3 Å². The zero-order valence-electron chi connectivity index (χ0n) is 11.7. The second-order valence-electron chi connectivity index (χ2n) is 4.73. The fourth-order valence-electron chi connectivity index (χ4n) is 1.48. The summed E-state index contributed by atoms with van der Waals surface area (Å²) in [4.78, 5) is 11.7. The van der Waals surface area contributed by atoms with E-state index in [0.717, 1.165) is 0 Å².